The van der Waals surface area contributed by atoms with Gasteiger partial charge in [-0.1, -0.05) is 38.5 Å². The van der Waals surface area contributed by atoms with E-state index in [1.807, 2.05) is 0 Å². The molecular weight excluding hydrogens is 296 g/mol. The maximum Gasteiger partial charge on any atom is 0.306 e. The van der Waals surface area contributed by atoms with Crippen LogP contribution in [0.5, 0.6) is 0 Å². The third-order valence-electron chi connectivity index (χ3n) is 3.91. The van der Waals surface area contributed by atoms with Crippen LogP contribution in [-0.4, -0.2) is 22.2 Å². The minimum atomic E-state index is -0.602. The zero-order valence-electron chi connectivity index (χ0n) is 11.2. The van der Waals surface area contributed by atoms with Crippen molar-refractivity contribution in [2.75, 3.05) is 0 Å². The molecule has 0 bridgehead atoms. The van der Waals surface area contributed by atoms with Gasteiger partial charge in [0.1, 0.15) is 0 Å². The molecule has 4 nitrogen and oxygen atoms in total. The number of hydrogen-bond donors (Lipinski definition) is 2. The van der Waals surface area contributed by atoms with Gasteiger partial charge in [0, 0.05) is 17.1 Å². The van der Waals surface area contributed by atoms with Crippen LogP contribution in [-0.2, 0) is 26.7 Å². The first-order valence-corrected chi connectivity index (χ1v) is 7.07. The molecule has 19 heavy (non-hydrogen) atoms. The topological polar surface area (TPSA) is 74.6 Å². The Morgan fingerprint density at radius 2 is 0.895 bits per heavy atom. The summed E-state index contributed by atoms with van der Waals surface area (Å²) in [5, 5.41) is 17.1. The molecule has 0 aromatic rings. The number of rotatable bonds is 2. The largest absolute Gasteiger partial charge is 0.481 e. The minimum absolute atomic E-state index is 0. The first-order chi connectivity index (χ1) is 8.61. The zero-order chi connectivity index (χ0) is 13.4. The molecule has 2 rings (SSSR count). The van der Waals surface area contributed by atoms with Gasteiger partial charge in [0.25, 0.3) is 0 Å². The van der Waals surface area contributed by atoms with Gasteiger partial charge < -0.3 is 10.2 Å². The summed E-state index contributed by atoms with van der Waals surface area (Å²) in [4.78, 5) is 20.7. The first kappa shape index (κ1) is 18.5. The number of carbonyl (C=O) groups is 2. The Morgan fingerprint density at radius 1 is 0.632 bits per heavy atom. The van der Waals surface area contributed by atoms with Crippen molar-refractivity contribution in [3.8, 4) is 0 Å². The summed E-state index contributed by atoms with van der Waals surface area (Å²) in [5.74, 6) is -1.26. The molecule has 0 aliphatic heterocycles. The second-order valence-electron chi connectivity index (χ2n) is 5.35. The molecule has 115 valence electrons. The predicted octanol–water partition coefficient (Wildman–Crippen LogP) is 3.30. The van der Waals surface area contributed by atoms with Crippen molar-refractivity contribution in [2.45, 2.75) is 64.2 Å². The fourth-order valence-electron chi connectivity index (χ4n) is 2.70. The van der Waals surface area contributed by atoms with Crippen LogP contribution in [0.25, 0.3) is 0 Å². The Kier molecular flexibility index (Phi) is 9.98. The summed E-state index contributed by atoms with van der Waals surface area (Å²) in [6, 6.07) is 0. The van der Waals surface area contributed by atoms with Crippen LogP contribution >= 0.6 is 0 Å². The summed E-state index contributed by atoms with van der Waals surface area (Å²) in [5.41, 5.74) is 0. The molecule has 2 fully saturated rings. The van der Waals surface area contributed by atoms with Crippen molar-refractivity contribution >= 4 is 11.9 Å². The normalized spacial score (nSPS) is 20.6. The number of carboxylic acid groups (broad SMARTS) is 2. The quantitative estimate of drug-likeness (QED) is 0.766. The van der Waals surface area contributed by atoms with E-state index in [0.29, 0.717) is 0 Å². The van der Waals surface area contributed by atoms with Gasteiger partial charge in [-0.3, -0.25) is 9.59 Å². The molecule has 0 unspecified atom stereocenters. The van der Waals surface area contributed by atoms with Gasteiger partial charge in [0.15, 0.2) is 0 Å². The molecule has 5 heteroatoms. The van der Waals surface area contributed by atoms with Gasteiger partial charge in [-0.2, -0.15) is 0 Å². The standard InChI is InChI=1S/2C7H12O2.Cu/c2*8-7(9)6-4-2-1-3-5-6;/h2*6H,1-5H2,(H,8,9);. The van der Waals surface area contributed by atoms with E-state index in [4.69, 9.17) is 10.2 Å². The molecule has 0 heterocycles. The first-order valence-electron chi connectivity index (χ1n) is 7.07. The van der Waals surface area contributed by atoms with Crippen LogP contribution in [0.4, 0.5) is 0 Å². The van der Waals surface area contributed by atoms with Crippen molar-refractivity contribution in [3.05, 3.63) is 0 Å². The Labute approximate surface area is 125 Å². The van der Waals surface area contributed by atoms with Crippen LogP contribution in [0.3, 0.4) is 0 Å². The summed E-state index contributed by atoms with van der Waals surface area (Å²) >= 11 is 0. The number of carboxylic acids is 2. The van der Waals surface area contributed by atoms with Gasteiger partial charge in [-0.15, -0.1) is 0 Å². The van der Waals surface area contributed by atoms with Crippen LogP contribution in [0.1, 0.15) is 64.2 Å². The number of aliphatic carboxylic acids is 2. The fraction of sp³-hybridized carbons (Fsp3) is 0.857. The van der Waals surface area contributed by atoms with E-state index >= 15 is 0 Å². The molecule has 0 amide bonds. The van der Waals surface area contributed by atoms with E-state index in [9.17, 15) is 9.59 Å². The summed E-state index contributed by atoms with van der Waals surface area (Å²) < 4.78 is 0. The average Bonchev–Trinajstić information content (AvgIpc) is 2.41. The maximum atomic E-state index is 10.4. The molecule has 2 aliphatic carbocycles. The van der Waals surface area contributed by atoms with E-state index in [2.05, 4.69) is 0 Å². The van der Waals surface area contributed by atoms with Crippen molar-refractivity contribution in [1.82, 2.24) is 0 Å². The van der Waals surface area contributed by atoms with E-state index in [1.54, 1.807) is 0 Å². The third-order valence-corrected chi connectivity index (χ3v) is 3.91. The molecule has 2 N–H and O–H groups in total. The van der Waals surface area contributed by atoms with Gasteiger partial charge in [0.2, 0.25) is 0 Å². The Balaban J connectivity index is 0.000000324. The Morgan fingerprint density at radius 3 is 1.05 bits per heavy atom. The molecule has 0 aromatic carbocycles. The average molecular weight is 320 g/mol. The van der Waals surface area contributed by atoms with Crippen molar-refractivity contribution in [2.24, 2.45) is 11.8 Å². The van der Waals surface area contributed by atoms with Gasteiger partial charge in [0.05, 0.1) is 11.8 Å². The molecule has 1 radical (unpaired) electrons. The smallest absolute Gasteiger partial charge is 0.306 e. The maximum absolute atomic E-state index is 10.4. The predicted molar refractivity (Wildman–Crippen MR) is 68.4 cm³/mol. The summed E-state index contributed by atoms with van der Waals surface area (Å²) in [6.45, 7) is 0. The summed E-state index contributed by atoms with van der Waals surface area (Å²) in [6.07, 6.45) is 10.5. The zero-order valence-corrected chi connectivity index (χ0v) is 12.2. The van der Waals surface area contributed by atoms with E-state index in [-0.39, 0.29) is 28.9 Å². The van der Waals surface area contributed by atoms with Crippen LogP contribution in [0.15, 0.2) is 0 Å². The minimum Gasteiger partial charge on any atom is -0.481 e. The van der Waals surface area contributed by atoms with E-state index in [0.717, 1.165) is 51.4 Å². The van der Waals surface area contributed by atoms with Crippen LogP contribution in [0, 0.1) is 11.8 Å². The fourth-order valence-corrected chi connectivity index (χ4v) is 2.70. The van der Waals surface area contributed by atoms with Crippen molar-refractivity contribution < 1.29 is 36.9 Å². The van der Waals surface area contributed by atoms with Gasteiger partial charge >= 0.3 is 11.9 Å². The Bertz CT molecular complexity index is 241. The number of hydrogen-bond acceptors (Lipinski definition) is 2. The van der Waals surface area contributed by atoms with E-state index < -0.39 is 11.9 Å². The molecule has 2 aliphatic rings. The van der Waals surface area contributed by atoms with Gasteiger partial charge in [-0.25, -0.2) is 0 Å². The monoisotopic (exact) mass is 319 g/mol. The molecular formula is C14H24CuO4. The van der Waals surface area contributed by atoms with Crippen molar-refractivity contribution in [1.29, 1.82) is 0 Å². The van der Waals surface area contributed by atoms with Crippen LogP contribution in [0.2, 0.25) is 0 Å². The van der Waals surface area contributed by atoms with Gasteiger partial charge in [-0.05, 0) is 25.7 Å². The SMILES string of the molecule is O=C(O)C1CCCCC1.O=C(O)C1CCCCC1.[Cu]. The molecule has 0 atom stereocenters. The Hall–Kier alpha value is -0.541. The second-order valence-corrected chi connectivity index (χ2v) is 5.35. The molecule has 2 saturated carbocycles. The van der Waals surface area contributed by atoms with Crippen molar-refractivity contribution in [3.63, 3.8) is 0 Å². The molecule has 0 saturated heterocycles. The van der Waals surface area contributed by atoms with E-state index in [1.165, 1.54) is 12.8 Å². The molecule has 0 aromatic heterocycles. The van der Waals surface area contributed by atoms with Crippen LogP contribution < -0.4 is 0 Å². The molecule has 0 spiro atoms. The third kappa shape index (κ3) is 7.58. The summed E-state index contributed by atoms with van der Waals surface area (Å²) in [7, 11) is 0. The second kappa shape index (κ2) is 10.3.